The number of ether oxygens (including phenoxy) is 1. The molecule has 1 aliphatic carbocycles. The lowest BCUT2D eigenvalue weighted by atomic mass is 9.78. The van der Waals surface area contributed by atoms with Gasteiger partial charge in [-0.25, -0.2) is 9.18 Å². The zero-order chi connectivity index (χ0) is 14.3. The number of hydrogen-bond donors (Lipinski definition) is 0. The Bertz CT molecular complexity index is 530. The van der Waals surface area contributed by atoms with E-state index in [0.717, 1.165) is 37.2 Å². The third-order valence-electron chi connectivity index (χ3n) is 4.73. The van der Waals surface area contributed by atoms with E-state index in [1.165, 1.54) is 0 Å². The highest BCUT2D eigenvalue weighted by Gasteiger charge is 2.31. The molecule has 3 rings (SSSR count). The molecule has 2 aliphatic rings. The zero-order valence-corrected chi connectivity index (χ0v) is 12.1. The van der Waals surface area contributed by atoms with Crippen LogP contribution in [-0.4, -0.2) is 12.1 Å². The smallest absolute Gasteiger partial charge is 0.341 e. The van der Waals surface area contributed by atoms with Gasteiger partial charge in [0.05, 0.1) is 5.56 Å². The van der Waals surface area contributed by atoms with E-state index in [1.54, 1.807) is 0 Å². The second-order valence-electron chi connectivity index (χ2n) is 6.38. The Morgan fingerprint density at radius 3 is 2.55 bits per heavy atom. The first kappa shape index (κ1) is 13.6. The first-order valence-corrected chi connectivity index (χ1v) is 7.58. The van der Waals surface area contributed by atoms with Crippen LogP contribution >= 0.6 is 0 Å². The van der Waals surface area contributed by atoms with Gasteiger partial charge in [-0.3, -0.25) is 0 Å². The summed E-state index contributed by atoms with van der Waals surface area (Å²) in [4.78, 5) is 11.9. The molecule has 108 valence electrons. The van der Waals surface area contributed by atoms with E-state index in [9.17, 15) is 9.18 Å². The Morgan fingerprint density at radius 2 is 1.85 bits per heavy atom. The molecule has 1 aromatic carbocycles. The minimum absolute atomic E-state index is 0.157. The van der Waals surface area contributed by atoms with Crippen molar-refractivity contribution in [1.82, 2.24) is 0 Å². The Hall–Kier alpha value is -1.38. The zero-order valence-electron chi connectivity index (χ0n) is 12.1. The minimum Gasteiger partial charge on any atom is -0.459 e. The maximum atomic E-state index is 14.7. The Labute approximate surface area is 119 Å². The highest BCUT2D eigenvalue weighted by Crippen LogP contribution is 2.38. The van der Waals surface area contributed by atoms with Crippen LogP contribution in [0.25, 0.3) is 0 Å². The highest BCUT2D eigenvalue weighted by molar-refractivity contribution is 5.92. The number of rotatable bonds is 1. The number of carbonyl (C=O) groups excluding carboxylic acids is 1. The van der Waals surface area contributed by atoms with Gasteiger partial charge in [0.1, 0.15) is 11.9 Å². The predicted octanol–water partition coefficient (Wildman–Crippen LogP) is 4.22. The fourth-order valence-electron chi connectivity index (χ4n) is 3.50. The van der Waals surface area contributed by atoms with E-state index in [0.29, 0.717) is 12.0 Å². The summed E-state index contributed by atoms with van der Waals surface area (Å²) in [7, 11) is 0. The molecule has 0 bridgehead atoms. The van der Waals surface area contributed by atoms with Crippen molar-refractivity contribution in [3.05, 3.63) is 34.6 Å². The van der Waals surface area contributed by atoms with E-state index in [4.69, 9.17) is 4.74 Å². The molecule has 20 heavy (non-hydrogen) atoms. The number of cyclic esters (lactones) is 1. The third kappa shape index (κ3) is 2.34. The van der Waals surface area contributed by atoms with Crippen molar-refractivity contribution in [2.24, 2.45) is 5.92 Å². The van der Waals surface area contributed by atoms with Crippen LogP contribution in [0.15, 0.2) is 12.1 Å². The number of fused-ring (bicyclic) bond motifs is 1. The topological polar surface area (TPSA) is 26.3 Å². The molecule has 1 fully saturated rings. The predicted molar refractivity (Wildman–Crippen MR) is 75.4 cm³/mol. The first-order chi connectivity index (χ1) is 9.56. The molecule has 0 N–H and O–H groups in total. The van der Waals surface area contributed by atoms with Gasteiger partial charge in [-0.05, 0) is 42.7 Å². The van der Waals surface area contributed by atoms with Crippen LogP contribution in [0.1, 0.15) is 66.9 Å². The molecule has 0 radical (unpaired) electrons. The SMILES string of the molecule is CC1CCC(c2ccc3c(c2F)C(=O)OC(C)C3)CC1. The van der Waals surface area contributed by atoms with Crippen molar-refractivity contribution in [2.75, 3.05) is 0 Å². The Kier molecular flexibility index (Phi) is 3.53. The van der Waals surface area contributed by atoms with Gasteiger partial charge >= 0.3 is 5.97 Å². The molecular formula is C17H21FO2. The maximum Gasteiger partial charge on any atom is 0.341 e. The summed E-state index contributed by atoms with van der Waals surface area (Å²) in [5, 5.41) is 0. The van der Waals surface area contributed by atoms with Crippen LogP contribution in [0.5, 0.6) is 0 Å². The van der Waals surface area contributed by atoms with Crippen molar-refractivity contribution >= 4 is 5.97 Å². The number of hydrogen-bond acceptors (Lipinski definition) is 2. The largest absolute Gasteiger partial charge is 0.459 e. The van der Waals surface area contributed by atoms with Crippen LogP contribution in [-0.2, 0) is 11.2 Å². The lowest BCUT2D eigenvalue weighted by molar-refractivity contribution is 0.0293. The molecule has 1 aliphatic heterocycles. The Morgan fingerprint density at radius 1 is 1.15 bits per heavy atom. The van der Waals surface area contributed by atoms with E-state index in [-0.39, 0.29) is 23.4 Å². The summed E-state index contributed by atoms with van der Waals surface area (Å²) in [6, 6.07) is 3.81. The quantitative estimate of drug-likeness (QED) is 0.718. The summed E-state index contributed by atoms with van der Waals surface area (Å²) >= 11 is 0. The molecular weight excluding hydrogens is 255 g/mol. The molecule has 0 saturated heterocycles. The van der Waals surface area contributed by atoms with Crippen LogP contribution in [0.2, 0.25) is 0 Å². The number of esters is 1. The number of carbonyl (C=O) groups is 1. The fourth-order valence-corrected chi connectivity index (χ4v) is 3.50. The molecule has 1 unspecified atom stereocenters. The van der Waals surface area contributed by atoms with E-state index in [2.05, 4.69) is 6.92 Å². The van der Waals surface area contributed by atoms with Crippen molar-refractivity contribution in [2.45, 2.75) is 58.0 Å². The average Bonchev–Trinajstić information content (AvgIpc) is 2.39. The van der Waals surface area contributed by atoms with Gasteiger partial charge in [-0.2, -0.15) is 0 Å². The summed E-state index contributed by atoms with van der Waals surface area (Å²) in [5.74, 6) is 0.155. The molecule has 0 amide bonds. The lowest BCUT2D eigenvalue weighted by Gasteiger charge is -2.29. The second-order valence-corrected chi connectivity index (χ2v) is 6.38. The fraction of sp³-hybridized carbons (Fsp3) is 0.588. The van der Waals surface area contributed by atoms with Gasteiger partial charge in [0, 0.05) is 6.42 Å². The lowest BCUT2D eigenvalue weighted by Crippen LogP contribution is -2.27. The monoisotopic (exact) mass is 276 g/mol. The van der Waals surface area contributed by atoms with Gasteiger partial charge in [-0.1, -0.05) is 31.9 Å². The molecule has 1 heterocycles. The summed E-state index contributed by atoms with van der Waals surface area (Å²) in [6.45, 7) is 4.09. The molecule has 1 saturated carbocycles. The van der Waals surface area contributed by atoms with E-state index in [1.807, 2.05) is 19.1 Å². The van der Waals surface area contributed by atoms with E-state index >= 15 is 0 Å². The van der Waals surface area contributed by atoms with Gasteiger partial charge in [0.15, 0.2) is 0 Å². The normalized spacial score (nSPS) is 29.8. The van der Waals surface area contributed by atoms with Crippen LogP contribution in [0.4, 0.5) is 4.39 Å². The second kappa shape index (κ2) is 5.19. The highest BCUT2D eigenvalue weighted by atomic mass is 19.1. The number of benzene rings is 1. The molecule has 3 heteroatoms. The number of halogens is 1. The first-order valence-electron chi connectivity index (χ1n) is 7.58. The Balaban J connectivity index is 1.94. The molecule has 2 nitrogen and oxygen atoms in total. The van der Waals surface area contributed by atoms with Gasteiger partial charge in [0.2, 0.25) is 0 Å². The van der Waals surface area contributed by atoms with Crippen molar-refractivity contribution in [3.8, 4) is 0 Å². The molecule has 1 aromatic rings. The summed E-state index contributed by atoms with van der Waals surface area (Å²) in [6.07, 6.45) is 4.77. The average molecular weight is 276 g/mol. The van der Waals surface area contributed by atoms with Crippen molar-refractivity contribution in [1.29, 1.82) is 0 Å². The molecule has 1 atom stereocenters. The van der Waals surface area contributed by atoms with Crippen LogP contribution in [0, 0.1) is 11.7 Å². The van der Waals surface area contributed by atoms with Crippen LogP contribution < -0.4 is 0 Å². The van der Waals surface area contributed by atoms with Crippen molar-refractivity contribution < 1.29 is 13.9 Å². The van der Waals surface area contributed by atoms with Crippen molar-refractivity contribution in [3.63, 3.8) is 0 Å². The van der Waals surface area contributed by atoms with Gasteiger partial charge in [0.25, 0.3) is 0 Å². The van der Waals surface area contributed by atoms with E-state index < -0.39 is 5.97 Å². The van der Waals surface area contributed by atoms with Crippen LogP contribution in [0.3, 0.4) is 0 Å². The van der Waals surface area contributed by atoms with Gasteiger partial charge in [-0.15, -0.1) is 0 Å². The third-order valence-corrected chi connectivity index (χ3v) is 4.73. The summed E-state index contributed by atoms with van der Waals surface area (Å²) in [5.41, 5.74) is 1.68. The maximum absolute atomic E-state index is 14.7. The molecule has 0 aromatic heterocycles. The minimum atomic E-state index is -0.498. The summed E-state index contributed by atoms with van der Waals surface area (Å²) < 4.78 is 19.9. The molecule has 0 spiro atoms. The standard InChI is InChI=1S/C17H21FO2/c1-10-3-5-12(6-4-10)14-8-7-13-9-11(2)20-17(19)15(13)16(14)18/h7-8,10-12H,3-6,9H2,1-2H3. The van der Waals surface area contributed by atoms with Gasteiger partial charge < -0.3 is 4.74 Å².